The highest BCUT2D eigenvalue weighted by atomic mass is 19.3. The van der Waals surface area contributed by atoms with Crippen LogP contribution in [0.4, 0.5) is 31.7 Å². The Morgan fingerprint density at radius 2 is 2.03 bits per heavy atom. The van der Waals surface area contributed by atoms with Gasteiger partial charge in [-0.25, -0.2) is 13.8 Å². The Morgan fingerprint density at radius 1 is 1.17 bits per heavy atom. The number of benzene rings is 1. The van der Waals surface area contributed by atoms with Crippen molar-refractivity contribution in [1.82, 2.24) is 24.7 Å². The number of halogens is 2. The van der Waals surface area contributed by atoms with Crippen molar-refractivity contribution in [1.29, 1.82) is 0 Å². The van der Waals surface area contributed by atoms with Gasteiger partial charge in [-0.1, -0.05) is 12.6 Å². The number of anilines is 2. The summed E-state index contributed by atoms with van der Waals surface area (Å²) in [7, 11) is 3.39. The summed E-state index contributed by atoms with van der Waals surface area (Å²) in [6, 6.07) is 9.20. The van der Waals surface area contributed by atoms with Crippen molar-refractivity contribution in [2.24, 2.45) is 12.0 Å². The molecule has 1 aromatic carbocycles. The average molecular weight is 486 g/mol. The van der Waals surface area contributed by atoms with Crippen LogP contribution < -0.4 is 10.1 Å². The number of aryl methyl sites for hydroxylation is 1. The van der Waals surface area contributed by atoms with Gasteiger partial charge in [0.25, 0.3) is 12.2 Å². The number of methoxy groups -OCH3 is 1. The molecule has 0 bridgehead atoms. The third kappa shape index (κ3) is 4.48. The van der Waals surface area contributed by atoms with Crippen molar-refractivity contribution in [3.05, 3.63) is 77.4 Å². The average Bonchev–Trinajstić information content (AvgIpc) is 3.50. The van der Waals surface area contributed by atoms with E-state index in [-0.39, 0.29) is 24.4 Å². The van der Waals surface area contributed by atoms with Gasteiger partial charge in [-0.3, -0.25) is 14.6 Å². The number of ether oxygens (including phenoxy) is 1. The molecule has 1 aliphatic rings. The van der Waals surface area contributed by atoms with Crippen LogP contribution in [0.15, 0.2) is 53.9 Å². The Bertz CT molecular complexity index is 1520. The van der Waals surface area contributed by atoms with Crippen LogP contribution in [0.3, 0.4) is 0 Å². The van der Waals surface area contributed by atoms with E-state index in [4.69, 9.17) is 11.3 Å². The third-order valence-corrected chi connectivity index (χ3v) is 5.60. The van der Waals surface area contributed by atoms with Crippen LogP contribution in [0.1, 0.15) is 17.1 Å². The highest BCUT2D eigenvalue weighted by molar-refractivity contribution is 5.98. The number of hydrogen-bond acceptors (Lipinski definition) is 7. The number of nitrogens with one attached hydrogen (secondary N) is 1. The molecule has 0 saturated heterocycles. The minimum Gasteiger partial charge on any atom is -0.494 e. The van der Waals surface area contributed by atoms with Crippen molar-refractivity contribution in [3.63, 3.8) is 0 Å². The molecule has 1 aliphatic heterocycles. The van der Waals surface area contributed by atoms with E-state index in [0.29, 0.717) is 39.9 Å². The first kappa shape index (κ1) is 23.0. The monoisotopic (exact) mass is 486 g/mol. The van der Waals surface area contributed by atoms with Crippen LogP contribution >= 0.6 is 0 Å². The summed E-state index contributed by atoms with van der Waals surface area (Å²) < 4.78 is 34.4. The Labute approximate surface area is 205 Å². The molecule has 36 heavy (non-hydrogen) atoms. The zero-order chi connectivity index (χ0) is 25.2. The van der Waals surface area contributed by atoms with Gasteiger partial charge in [0.1, 0.15) is 5.69 Å². The molecule has 4 aromatic rings. The van der Waals surface area contributed by atoms with Crippen LogP contribution in [-0.2, 0) is 19.9 Å². The largest absolute Gasteiger partial charge is 0.494 e. The summed E-state index contributed by atoms with van der Waals surface area (Å²) in [5.41, 5.74) is 4.34. The maximum absolute atomic E-state index is 13.5. The summed E-state index contributed by atoms with van der Waals surface area (Å²) in [5, 5.41) is 7.77. The Hall–Kier alpha value is -4.72. The number of pyridine rings is 1. The number of alkyl halides is 2. The minimum atomic E-state index is -2.68. The van der Waals surface area contributed by atoms with Gasteiger partial charge in [0.15, 0.2) is 11.4 Å². The first-order valence-electron chi connectivity index (χ1n) is 11.0. The Kier molecular flexibility index (Phi) is 6.08. The van der Waals surface area contributed by atoms with Gasteiger partial charge in [0.05, 0.1) is 60.1 Å². The molecule has 0 amide bonds. The highest BCUT2D eigenvalue weighted by Crippen LogP contribution is 2.41. The van der Waals surface area contributed by atoms with Gasteiger partial charge in [0, 0.05) is 25.2 Å². The van der Waals surface area contributed by atoms with Crippen molar-refractivity contribution >= 4 is 28.6 Å². The lowest BCUT2D eigenvalue weighted by molar-refractivity contribution is 0.224. The second-order valence-corrected chi connectivity index (χ2v) is 8.08. The second-order valence-electron chi connectivity index (χ2n) is 8.08. The number of nitrogens with zero attached hydrogens (tertiary/aromatic N) is 7. The molecule has 9 nitrogen and oxygen atoms in total. The van der Waals surface area contributed by atoms with Crippen LogP contribution in [-0.4, -0.2) is 44.0 Å². The zero-order valence-corrected chi connectivity index (χ0v) is 19.4. The van der Waals surface area contributed by atoms with Gasteiger partial charge in [-0.15, -0.1) is 4.98 Å². The van der Waals surface area contributed by atoms with Crippen molar-refractivity contribution < 1.29 is 13.5 Å². The predicted octanol–water partition coefficient (Wildman–Crippen LogP) is 5.06. The molecule has 180 valence electrons. The minimum absolute atomic E-state index is 0.0472. The summed E-state index contributed by atoms with van der Waals surface area (Å²) in [5.74, 6) is 0.724. The van der Waals surface area contributed by atoms with E-state index in [1.165, 1.54) is 6.20 Å². The van der Waals surface area contributed by atoms with Gasteiger partial charge >= 0.3 is 0 Å². The lowest BCUT2D eigenvalue weighted by Crippen LogP contribution is -2.10. The Balaban J connectivity index is 1.56. The number of fused-ring (bicyclic) bond motifs is 1. The van der Waals surface area contributed by atoms with E-state index < -0.39 is 6.43 Å². The van der Waals surface area contributed by atoms with E-state index in [1.807, 2.05) is 37.5 Å². The van der Waals surface area contributed by atoms with Gasteiger partial charge in [-0.2, -0.15) is 5.10 Å². The normalized spacial score (nSPS) is 12.3. The van der Waals surface area contributed by atoms with Crippen LogP contribution in [0.2, 0.25) is 0 Å². The van der Waals surface area contributed by atoms with E-state index in [0.717, 1.165) is 11.3 Å². The quantitative estimate of drug-likeness (QED) is 0.367. The first-order valence-corrected chi connectivity index (χ1v) is 11.0. The number of aromatic nitrogens is 5. The number of rotatable bonds is 7. The summed E-state index contributed by atoms with van der Waals surface area (Å²) in [4.78, 5) is 20.4. The fourth-order valence-corrected chi connectivity index (χ4v) is 4.04. The van der Waals surface area contributed by atoms with E-state index >= 15 is 0 Å². The molecule has 1 N–H and O–H groups in total. The molecular formula is C25H20F2N8O. The summed E-state index contributed by atoms with van der Waals surface area (Å²) >= 11 is 0. The molecular weight excluding hydrogens is 466 g/mol. The van der Waals surface area contributed by atoms with Crippen molar-refractivity contribution in [2.75, 3.05) is 12.4 Å². The van der Waals surface area contributed by atoms with Crippen molar-refractivity contribution in [3.8, 4) is 17.0 Å². The molecule has 0 unspecified atom stereocenters. The number of hydrogen-bond donors (Lipinski definition) is 1. The number of para-hydroxylation sites is 1. The molecule has 4 heterocycles. The van der Waals surface area contributed by atoms with E-state index in [1.54, 1.807) is 24.1 Å². The summed E-state index contributed by atoms with van der Waals surface area (Å²) in [6.45, 7) is 7.15. The topological polar surface area (TPSA) is 94.5 Å². The Morgan fingerprint density at radius 3 is 2.75 bits per heavy atom. The first-order chi connectivity index (χ1) is 17.4. The smallest absolute Gasteiger partial charge is 0.288 e. The maximum atomic E-state index is 13.5. The molecule has 0 spiro atoms. The summed E-state index contributed by atoms with van der Waals surface area (Å²) in [6.07, 6.45) is 2.31. The van der Waals surface area contributed by atoms with E-state index in [2.05, 4.69) is 35.2 Å². The maximum Gasteiger partial charge on any atom is 0.288 e. The van der Waals surface area contributed by atoms with Gasteiger partial charge in [0.2, 0.25) is 0 Å². The van der Waals surface area contributed by atoms with Crippen LogP contribution in [0, 0.1) is 6.57 Å². The fraction of sp³-hybridized carbons (Fsp3) is 0.200. The molecule has 5 rings (SSSR count). The molecule has 0 aliphatic carbocycles. The highest BCUT2D eigenvalue weighted by Gasteiger charge is 2.27. The van der Waals surface area contributed by atoms with Crippen molar-refractivity contribution in [2.45, 2.75) is 19.3 Å². The van der Waals surface area contributed by atoms with E-state index in [9.17, 15) is 8.78 Å². The standard InChI is InChI=1S/C25H20F2N8O/c1-28-22-13-29-12-15(31-22)9-14-10-19(23-20(30-14)11-21(33-23)25(26)27)32-18-6-4-5-16(24(18)36-3)17-7-8-35(2)34-17/h4-8,10,12-13,25H,9,11H2,2-3H3,(H,30,32). The molecule has 11 heteroatoms. The molecule has 0 fully saturated rings. The molecule has 0 radical (unpaired) electrons. The lowest BCUT2D eigenvalue weighted by Gasteiger charge is -2.16. The third-order valence-electron chi connectivity index (χ3n) is 5.60. The zero-order valence-electron chi connectivity index (χ0n) is 19.4. The van der Waals surface area contributed by atoms with Gasteiger partial charge in [-0.05, 0) is 24.3 Å². The molecule has 3 aromatic heterocycles. The second kappa shape index (κ2) is 9.50. The molecule has 0 atom stereocenters. The fourth-order valence-electron chi connectivity index (χ4n) is 4.04. The van der Waals surface area contributed by atoms with Crippen LogP contribution in [0.5, 0.6) is 5.75 Å². The van der Waals surface area contributed by atoms with Crippen LogP contribution in [0.25, 0.3) is 16.1 Å². The van der Waals surface area contributed by atoms with Gasteiger partial charge < -0.3 is 14.9 Å². The SMILES string of the molecule is [C-]#[N+]c1cncc(Cc2cc(Nc3cccc(-c4ccn(C)n4)c3OC)c3c(n2)CC(C(F)F)=N3)n1. The lowest BCUT2D eigenvalue weighted by atomic mass is 10.1. The predicted molar refractivity (Wildman–Crippen MR) is 131 cm³/mol. The number of aliphatic imine (C=N–C) groups is 1. The molecule has 0 saturated carbocycles.